The number of rotatable bonds is 4. The number of hydrogen-bond acceptors (Lipinski definition) is 2. The summed E-state index contributed by atoms with van der Waals surface area (Å²) in [5.74, 6) is 1.87. The first-order valence-corrected chi connectivity index (χ1v) is 8.12. The van der Waals surface area contributed by atoms with Crippen molar-refractivity contribution in [2.45, 2.75) is 64.8 Å². The maximum Gasteiger partial charge on any atom is 0.225 e. The molecule has 1 saturated heterocycles. The molecule has 2 N–H and O–H groups in total. The number of halogens is 1. The molecule has 1 aliphatic carbocycles. The molecule has 0 spiro atoms. The van der Waals surface area contributed by atoms with Crippen molar-refractivity contribution < 1.29 is 4.79 Å². The fourth-order valence-corrected chi connectivity index (χ4v) is 3.80. The molecule has 3 unspecified atom stereocenters. The summed E-state index contributed by atoms with van der Waals surface area (Å²) in [6.45, 7) is 6.01. The van der Waals surface area contributed by atoms with Gasteiger partial charge in [-0.15, -0.1) is 12.4 Å². The van der Waals surface area contributed by atoms with Crippen molar-refractivity contribution in [3.63, 3.8) is 0 Å². The highest BCUT2D eigenvalue weighted by Gasteiger charge is 2.29. The molecule has 2 rings (SSSR count). The van der Waals surface area contributed by atoms with Crippen LogP contribution in [0.3, 0.4) is 0 Å². The largest absolute Gasteiger partial charge is 0.342 e. The van der Waals surface area contributed by atoms with Gasteiger partial charge in [0.2, 0.25) is 5.91 Å². The standard InChI is InChI=1S/C16H30N2O.ClH/c1-12(10-14-6-3-4-7-14)16(19)18-9-5-8-15(11-18)13(2)17;/h12-15H,3-11,17H2,1-2H3;1H. The fraction of sp³-hybridized carbons (Fsp3) is 0.938. The second-order valence-electron chi connectivity index (χ2n) is 6.83. The van der Waals surface area contributed by atoms with E-state index in [0.717, 1.165) is 31.8 Å². The second-order valence-corrected chi connectivity index (χ2v) is 6.83. The molecule has 0 bridgehead atoms. The second kappa shape index (κ2) is 8.23. The lowest BCUT2D eigenvalue weighted by Gasteiger charge is -2.36. The van der Waals surface area contributed by atoms with E-state index in [4.69, 9.17) is 5.73 Å². The number of piperidine rings is 1. The van der Waals surface area contributed by atoms with Crippen LogP contribution >= 0.6 is 12.4 Å². The molecule has 3 nitrogen and oxygen atoms in total. The lowest BCUT2D eigenvalue weighted by molar-refractivity contribution is -0.137. The number of carbonyl (C=O) groups is 1. The molecule has 0 radical (unpaired) electrons. The average Bonchev–Trinajstić information content (AvgIpc) is 2.90. The predicted molar refractivity (Wildman–Crippen MR) is 85.9 cm³/mol. The number of amides is 1. The summed E-state index contributed by atoms with van der Waals surface area (Å²) < 4.78 is 0. The third-order valence-electron chi connectivity index (χ3n) is 5.10. The van der Waals surface area contributed by atoms with E-state index in [0.29, 0.717) is 11.8 Å². The van der Waals surface area contributed by atoms with Gasteiger partial charge in [0.05, 0.1) is 0 Å². The van der Waals surface area contributed by atoms with Crippen molar-refractivity contribution >= 4 is 18.3 Å². The van der Waals surface area contributed by atoms with Gasteiger partial charge in [-0.3, -0.25) is 4.79 Å². The van der Waals surface area contributed by atoms with Gasteiger partial charge in [-0.05, 0) is 38.0 Å². The first kappa shape index (κ1) is 17.8. The molecule has 0 aromatic heterocycles. The normalized spacial score (nSPS) is 26.9. The van der Waals surface area contributed by atoms with Gasteiger partial charge in [0.15, 0.2) is 0 Å². The van der Waals surface area contributed by atoms with Crippen molar-refractivity contribution in [2.24, 2.45) is 23.5 Å². The Morgan fingerprint density at radius 2 is 1.85 bits per heavy atom. The molecule has 3 atom stereocenters. The summed E-state index contributed by atoms with van der Waals surface area (Å²) in [5.41, 5.74) is 6.00. The van der Waals surface area contributed by atoms with Gasteiger partial charge < -0.3 is 10.6 Å². The van der Waals surface area contributed by atoms with Crippen LogP contribution in [0.1, 0.15) is 58.8 Å². The quantitative estimate of drug-likeness (QED) is 0.867. The number of hydrogen-bond donors (Lipinski definition) is 1. The fourth-order valence-electron chi connectivity index (χ4n) is 3.80. The monoisotopic (exact) mass is 302 g/mol. The molecule has 1 saturated carbocycles. The molecular formula is C16H31ClN2O. The predicted octanol–water partition coefficient (Wildman–Crippen LogP) is 3.21. The van der Waals surface area contributed by atoms with Gasteiger partial charge in [-0.1, -0.05) is 32.6 Å². The molecule has 1 heterocycles. The highest BCUT2D eigenvalue weighted by molar-refractivity contribution is 5.85. The average molecular weight is 303 g/mol. The molecule has 2 aliphatic rings. The van der Waals surface area contributed by atoms with Crippen LogP contribution in [-0.2, 0) is 4.79 Å². The minimum atomic E-state index is 0. The minimum Gasteiger partial charge on any atom is -0.342 e. The summed E-state index contributed by atoms with van der Waals surface area (Å²) in [6, 6.07) is 0.209. The molecule has 4 heteroatoms. The Hall–Kier alpha value is -0.280. The molecule has 20 heavy (non-hydrogen) atoms. The van der Waals surface area contributed by atoms with Crippen LogP contribution in [0.2, 0.25) is 0 Å². The molecule has 1 aliphatic heterocycles. The topological polar surface area (TPSA) is 46.3 Å². The lowest BCUT2D eigenvalue weighted by Crippen LogP contribution is -2.46. The van der Waals surface area contributed by atoms with E-state index < -0.39 is 0 Å². The third-order valence-corrected chi connectivity index (χ3v) is 5.10. The summed E-state index contributed by atoms with van der Waals surface area (Å²) in [4.78, 5) is 14.6. The van der Waals surface area contributed by atoms with Crippen LogP contribution in [0.5, 0.6) is 0 Å². The lowest BCUT2D eigenvalue weighted by atomic mass is 9.89. The maximum absolute atomic E-state index is 12.5. The van der Waals surface area contributed by atoms with Crippen molar-refractivity contribution in [3.8, 4) is 0 Å². The first-order valence-electron chi connectivity index (χ1n) is 8.12. The van der Waals surface area contributed by atoms with E-state index >= 15 is 0 Å². The zero-order valence-electron chi connectivity index (χ0n) is 13.0. The van der Waals surface area contributed by atoms with Crippen LogP contribution < -0.4 is 5.73 Å². The summed E-state index contributed by atoms with van der Waals surface area (Å²) >= 11 is 0. The van der Waals surface area contributed by atoms with Crippen molar-refractivity contribution in [1.82, 2.24) is 4.90 Å². The van der Waals surface area contributed by atoms with E-state index in [9.17, 15) is 4.79 Å². The molecule has 0 aromatic rings. The number of nitrogens with zero attached hydrogens (tertiary/aromatic N) is 1. The Kier molecular flexibility index (Phi) is 7.32. The van der Waals surface area contributed by atoms with Crippen molar-refractivity contribution in [2.75, 3.05) is 13.1 Å². The Morgan fingerprint density at radius 1 is 1.20 bits per heavy atom. The van der Waals surface area contributed by atoms with Crippen molar-refractivity contribution in [3.05, 3.63) is 0 Å². The zero-order chi connectivity index (χ0) is 13.8. The van der Waals surface area contributed by atoms with Crippen LogP contribution in [0.25, 0.3) is 0 Å². The van der Waals surface area contributed by atoms with Gasteiger partial charge in [0.25, 0.3) is 0 Å². The number of nitrogens with two attached hydrogens (primary N) is 1. The van der Waals surface area contributed by atoms with E-state index in [-0.39, 0.29) is 24.4 Å². The van der Waals surface area contributed by atoms with Crippen LogP contribution in [0.15, 0.2) is 0 Å². The highest BCUT2D eigenvalue weighted by Crippen LogP contribution is 2.31. The zero-order valence-corrected chi connectivity index (χ0v) is 13.8. The van der Waals surface area contributed by atoms with Gasteiger partial charge in [0.1, 0.15) is 0 Å². The third kappa shape index (κ3) is 4.63. The molecular weight excluding hydrogens is 272 g/mol. The summed E-state index contributed by atoms with van der Waals surface area (Å²) in [5, 5.41) is 0. The Bertz CT molecular complexity index is 303. The van der Waals surface area contributed by atoms with Crippen molar-refractivity contribution in [1.29, 1.82) is 0 Å². The smallest absolute Gasteiger partial charge is 0.225 e. The Labute approximate surface area is 130 Å². The van der Waals surface area contributed by atoms with Crippen LogP contribution in [0, 0.1) is 17.8 Å². The Balaban J connectivity index is 0.00000200. The van der Waals surface area contributed by atoms with Gasteiger partial charge in [0, 0.05) is 25.0 Å². The van der Waals surface area contributed by atoms with Crippen LogP contribution in [0.4, 0.5) is 0 Å². The van der Waals surface area contributed by atoms with E-state index in [1.165, 1.54) is 32.1 Å². The van der Waals surface area contributed by atoms with E-state index in [1.807, 2.05) is 0 Å². The number of likely N-dealkylation sites (tertiary alicyclic amines) is 1. The summed E-state index contributed by atoms with van der Waals surface area (Å²) in [6.07, 6.45) is 8.79. The first-order chi connectivity index (χ1) is 9.08. The SMILES string of the molecule is CC(CC1CCCC1)C(=O)N1CCCC(C(C)N)C1.Cl. The van der Waals surface area contributed by atoms with Gasteiger partial charge >= 0.3 is 0 Å². The summed E-state index contributed by atoms with van der Waals surface area (Å²) in [7, 11) is 0. The highest BCUT2D eigenvalue weighted by atomic mass is 35.5. The molecule has 0 aromatic carbocycles. The van der Waals surface area contributed by atoms with E-state index in [2.05, 4.69) is 18.7 Å². The van der Waals surface area contributed by atoms with Gasteiger partial charge in [-0.25, -0.2) is 0 Å². The Morgan fingerprint density at radius 3 is 2.45 bits per heavy atom. The van der Waals surface area contributed by atoms with Crippen LogP contribution in [-0.4, -0.2) is 29.9 Å². The maximum atomic E-state index is 12.5. The molecule has 1 amide bonds. The van der Waals surface area contributed by atoms with Gasteiger partial charge in [-0.2, -0.15) is 0 Å². The minimum absolute atomic E-state index is 0. The van der Waals surface area contributed by atoms with E-state index in [1.54, 1.807) is 0 Å². The molecule has 118 valence electrons. The molecule has 2 fully saturated rings. The number of carbonyl (C=O) groups excluding carboxylic acids is 1.